The van der Waals surface area contributed by atoms with Crippen LogP contribution in [0.15, 0.2) is 23.3 Å². The van der Waals surface area contributed by atoms with Crippen molar-refractivity contribution in [3.05, 3.63) is 38.9 Å². The first kappa shape index (κ1) is 14.9. The van der Waals surface area contributed by atoms with Crippen LogP contribution in [-0.2, 0) is 0 Å². The van der Waals surface area contributed by atoms with Gasteiger partial charge in [-0.3, -0.25) is 14.9 Å². The molecule has 112 valence electrons. The minimum atomic E-state index is -1.43. The van der Waals surface area contributed by atoms with Crippen molar-refractivity contribution in [1.82, 2.24) is 9.97 Å². The van der Waals surface area contributed by atoms with Crippen molar-refractivity contribution in [1.29, 1.82) is 0 Å². The lowest BCUT2D eigenvalue weighted by Gasteiger charge is -2.21. The van der Waals surface area contributed by atoms with Gasteiger partial charge in [0.2, 0.25) is 0 Å². The fourth-order valence-electron chi connectivity index (χ4n) is 1.74. The number of fused-ring (bicyclic) bond motifs is 1. The average Bonchev–Trinajstić information content (AvgIpc) is 2.44. The lowest BCUT2D eigenvalue weighted by molar-refractivity contribution is -0.383. The van der Waals surface area contributed by atoms with Gasteiger partial charge >= 0.3 is 0 Å². The Hall–Kier alpha value is -2.52. The van der Waals surface area contributed by atoms with Gasteiger partial charge in [-0.1, -0.05) is 0 Å². The molecule has 1 heterocycles. The van der Waals surface area contributed by atoms with Crippen LogP contribution in [0.1, 0.15) is 6.92 Å². The van der Waals surface area contributed by atoms with E-state index in [0.717, 1.165) is 6.07 Å². The number of aliphatic hydroxyl groups excluding tert-OH is 1. The minimum Gasteiger partial charge on any atom is -0.393 e. The summed E-state index contributed by atoms with van der Waals surface area (Å²) in [5, 5.41) is 32.6. The molecule has 0 aliphatic heterocycles. The molecular weight excluding hydrogens is 280 g/mol. The maximum atomic E-state index is 11.6. The number of anilines is 1. The molecule has 0 spiro atoms. The molecule has 1 aromatic carbocycles. The van der Waals surface area contributed by atoms with E-state index in [4.69, 9.17) is 5.11 Å². The molecule has 2 rings (SSSR count). The zero-order valence-electron chi connectivity index (χ0n) is 11.2. The van der Waals surface area contributed by atoms with Gasteiger partial charge in [0.05, 0.1) is 28.8 Å². The topological polar surface area (TPSA) is 141 Å². The van der Waals surface area contributed by atoms with E-state index in [1.807, 2.05) is 0 Å². The first-order valence-corrected chi connectivity index (χ1v) is 6.07. The molecule has 2 aromatic rings. The van der Waals surface area contributed by atoms with E-state index in [2.05, 4.69) is 15.3 Å². The molecule has 0 radical (unpaired) electrons. The van der Waals surface area contributed by atoms with Crippen molar-refractivity contribution in [3.8, 4) is 0 Å². The van der Waals surface area contributed by atoms with Crippen molar-refractivity contribution in [2.24, 2.45) is 0 Å². The van der Waals surface area contributed by atoms with Gasteiger partial charge in [-0.25, -0.2) is 4.98 Å². The number of aromatic amines is 1. The van der Waals surface area contributed by atoms with Gasteiger partial charge in [0.1, 0.15) is 11.3 Å². The predicted molar refractivity (Wildman–Crippen MR) is 75.2 cm³/mol. The molecule has 0 amide bonds. The third-order valence-electron chi connectivity index (χ3n) is 2.95. The smallest absolute Gasteiger partial charge is 0.293 e. The van der Waals surface area contributed by atoms with Crippen molar-refractivity contribution in [2.75, 3.05) is 18.5 Å². The van der Waals surface area contributed by atoms with Gasteiger partial charge in [-0.15, -0.1) is 0 Å². The summed E-state index contributed by atoms with van der Waals surface area (Å²) in [6.07, 6.45) is 1.20. The summed E-state index contributed by atoms with van der Waals surface area (Å²) in [6.45, 7) is 0.786. The number of aromatic nitrogens is 2. The van der Waals surface area contributed by atoms with E-state index in [1.165, 1.54) is 19.3 Å². The third-order valence-corrected chi connectivity index (χ3v) is 2.95. The highest BCUT2D eigenvalue weighted by molar-refractivity contribution is 5.86. The molecule has 0 saturated heterocycles. The predicted octanol–water partition coefficient (Wildman–Crippen LogP) is -0.0135. The molecule has 9 heteroatoms. The van der Waals surface area contributed by atoms with Crippen LogP contribution in [0.5, 0.6) is 0 Å². The van der Waals surface area contributed by atoms with Crippen LogP contribution in [0.2, 0.25) is 0 Å². The van der Waals surface area contributed by atoms with E-state index >= 15 is 0 Å². The summed E-state index contributed by atoms with van der Waals surface area (Å²) >= 11 is 0. The molecule has 1 aromatic heterocycles. The highest BCUT2D eigenvalue weighted by Gasteiger charge is 2.22. The molecule has 9 nitrogen and oxygen atoms in total. The van der Waals surface area contributed by atoms with Crippen molar-refractivity contribution in [3.63, 3.8) is 0 Å². The second-order valence-corrected chi connectivity index (χ2v) is 4.88. The van der Waals surface area contributed by atoms with Crippen LogP contribution in [0, 0.1) is 10.1 Å². The number of nitro groups is 1. The molecular formula is C12H14N4O5. The fraction of sp³-hybridized carbons (Fsp3) is 0.333. The second-order valence-electron chi connectivity index (χ2n) is 4.88. The van der Waals surface area contributed by atoms with Crippen molar-refractivity contribution >= 4 is 22.3 Å². The molecule has 4 N–H and O–H groups in total. The Morgan fingerprint density at radius 1 is 1.52 bits per heavy atom. The van der Waals surface area contributed by atoms with Crippen LogP contribution >= 0.6 is 0 Å². The number of nitro benzene ring substituents is 1. The van der Waals surface area contributed by atoms with Gasteiger partial charge in [0.25, 0.3) is 11.2 Å². The summed E-state index contributed by atoms with van der Waals surface area (Å²) in [6, 6.07) is 2.48. The second kappa shape index (κ2) is 5.46. The normalized spacial score (nSPS) is 13.9. The number of nitrogens with zero attached hydrogens (tertiary/aromatic N) is 2. The van der Waals surface area contributed by atoms with Crippen LogP contribution in [-0.4, -0.2) is 43.9 Å². The van der Waals surface area contributed by atoms with Gasteiger partial charge in [0, 0.05) is 12.6 Å². The number of H-pyrrole nitrogens is 1. The van der Waals surface area contributed by atoms with Crippen LogP contribution in [0.3, 0.4) is 0 Å². The Labute approximate surface area is 118 Å². The Balaban J connectivity index is 2.49. The lowest BCUT2D eigenvalue weighted by Crippen LogP contribution is -2.37. The molecule has 0 aliphatic rings. The highest BCUT2D eigenvalue weighted by Crippen LogP contribution is 2.28. The monoisotopic (exact) mass is 294 g/mol. The van der Waals surface area contributed by atoms with Crippen LogP contribution in [0.25, 0.3) is 10.9 Å². The van der Waals surface area contributed by atoms with Crippen molar-refractivity contribution in [2.45, 2.75) is 12.5 Å². The number of benzene rings is 1. The zero-order valence-corrected chi connectivity index (χ0v) is 11.2. The minimum absolute atomic E-state index is 0.0982. The fourth-order valence-corrected chi connectivity index (χ4v) is 1.74. The summed E-state index contributed by atoms with van der Waals surface area (Å²) in [5.74, 6) is 0. The van der Waals surface area contributed by atoms with Gasteiger partial charge < -0.3 is 20.5 Å². The van der Waals surface area contributed by atoms with Crippen LogP contribution < -0.4 is 10.9 Å². The maximum absolute atomic E-state index is 11.6. The van der Waals surface area contributed by atoms with E-state index in [0.29, 0.717) is 0 Å². The number of hydrogen-bond donors (Lipinski definition) is 4. The number of aliphatic hydroxyl groups is 2. The first-order valence-electron chi connectivity index (χ1n) is 6.07. The Kier molecular flexibility index (Phi) is 3.87. The molecule has 0 fully saturated rings. The summed E-state index contributed by atoms with van der Waals surface area (Å²) in [4.78, 5) is 28.4. The lowest BCUT2D eigenvalue weighted by atomic mass is 10.1. The molecule has 0 aliphatic carbocycles. The van der Waals surface area contributed by atoms with E-state index < -0.39 is 22.7 Å². The molecule has 0 saturated carbocycles. The van der Waals surface area contributed by atoms with Gasteiger partial charge in [-0.2, -0.15) is 0 Å². The quantitative estimate of drug-likeness (QED) is 0.448. The highest BCUT2D eigenvalue weighted by atomic mass is 16.6. The summed E-state index contributed by atoms with van der Waals surface area (Å²) in [5.41, 5.74) is -1.81. The average molecular weight is 294 g/mol. The summed E-state index contributed by atoms with van der Waals surface area (Å²) < 4.78 is 0. The van der Waals surface area contributed by atoms with E-state index in [-0.39, 0.29) is 28.8 Å². The van der Waals surface area contributed by atoms with Gasteiger partial charge in [-0.05, 0) is 13.0 Å². The molecule has 1 unspecified atom stereocenters. The molecule has 21 heavy (non-hydrogen) atoms. The van der Waals surface area contributed by atoms with Crippen molar-refractivity contribution < 1.29 is 15.1 Å². The maximum Gasteiger partial charge on any atom is 0.293 e. The van der Waals surface area contributed by atoms with E-state index in [1.54, 1.807) is 0 Å². The van der Waals surface area contributed by atoms with Gasteiger partial charge in [0.15, 0.2) is 0 Å². The number of nitrogens with one attached hydrogen (secondary N) is 2. The Bertz CT molecular complexity index is 740. The van der Waals surface area contributed by atoms with E-state index in [9.17, 15) is 20.0 Å². The largest absolute Gasteiger partial charge is 0.393 e. The summed E-state index contributed by atoms with van der Waals surface area (Å²) in [7, 11) is 0. The molecule has 0 bridgehead atoms. The standard InChI is InChI=1S/C12H14N4O5/c1-12(19,5-17)4-13-9-3-8-7(2-10(9)16(20)21)11(18)15-6-14-8/h2-3,6,13,17,19H,4-5H2,1H3,(H,14,15,18). The SMILES string of the molecule is CC(O)(CO)CNc1cc2nc[nH]c(=O)c2cc1[N+](=O)[O-]. The Morgan fingerprint density at radius 3 is 2.86 bits per heavy atom. The molecule has 1 atom stereocenters. The zero-order chi connectivity index (χ0) is 15.6. The number of hydrogen-bond acceptors (Lipinski definition) is 7. The first-order chi connectivity index (χ1) is 9.84. The number of rotatable bonds is 5. The third kappa shape index (κ3) is 3.15. The Morgan fingerprint density at radius 2 is 2.24 bits per heavy atom. The van der Waals surface area contributed by atoms with Crippen LogP contribution in [0.4, 0.5) is 11.4 Å².